The third kappa shape index (κ3) is 2.83. The Hall–Kier alpha value is -0.960. The average Bonchev–Trinajstić information content (AvgIpc) is 2.28. The number of alkyl halides is 1. The molecule has 1 aromatic carbocycles. The zero-order valence-electron chi connectivity index (χ0n) is 10.4. The van der Waals surface area contributed by atoms with Crippen LogP contribution < -0.4 is 0 Å². The van der Waals surface area contributed by atoms with Crippen molar-refractivity contribution >= 4 is 26.8 Å². The molecule has 0 amide bonds. The Morgan fingerprint density at radius 3 is 2.59 bits per heavy atom. The van der Waals surface area contributed by atoms with Crippen molar-refractivity contribution in [2.75, 3.05) is 0 Å². The van der Waals surface area contributed by atoms with Crippen LogP contribution in [-0.2, 0) is 6.42 Å². The third-order valence-electron chi connectivity index (χ3n) is 2.94. The highest BCUT2D eigenvalue weighted by molar-refractivity contribution is 9.09. The van der Waals surface area contributed by atoms with Crippen molar-refractivity contribution in [3.05, 3.63) is 36.3 Å². The van der Waals surface area contributed by atoms with Crippen LogP contribution in [0.15, 0.2) is 30.6 Å². The molecule has 0 saturated carbocycles. The van der Waals surface area contributed by atoms with Crippen LogP contribution in [0.3, 0.4) is 0 Å². The zero-order chi connectivity index (χ0) is 12.5. The first-order chi connectivity index (χ1) is 7.98. The van der Waals surface area contributed by atoms with E-state index in [-0.39, 0.29) is 5.41 Å². The molecule has 3 heteroatoms. The van der Waals surface area contributed by atoms with Gasteiger partial charge in [-0.3, -0.25) is 0 Å². The maximum absolute atomic E-state index is 4.42. The van der Waals surface area contributed by atoms with Crippen molar-refractivity contribution in [2.45, 2.75) is 32.0 Å². The predicted molar refractivity (Wildman–Crippen MR) is 75.4 cm³/mol. The molecule has 2 rings (SSSR count). The lowest BCUT2D eigenvalue weighted by Crippen LogP contribution is -2.23. The Bertz CT molecular complexity index is 512. The molecule has 0 aliphatic heterocycles. The smallest absolute Gasteiger partial charge is 0.116 e. The van der Waals surface area contributed by atoms with Gasteiger partial charge in [-0.25, -0.2) is 9.97 Å². The second-order valence-electron chi connectivity index (χ2n) is 5.38. The number of rotatable bonds is 2. The molecule has 0 spiro atoms. The summed E-state index contributed by atoms with van der Waals surface area (Å²) in [6, 6.07) is 8.16. The molecule has 0 radical (unpaired) electrons. The van der Waals surface area contributed by atoms with Gasteiger partial charge in [0.05, 0.1) is 11.2 Å². The number of nitrogens with zero attached hydrogens (tertiary/aromatic N) is 2. The van der Waals surface area contributed by atoms with E-state index in [9.17, 15) is 0 Å². The normalized spacial score (nSPS) is 13.9. The summed E-state index contributed by atoms with van der Waals surface area (Å²) in [5, 5.41) is 1.16. The summed E-state index contributed by atoms with van der Waals surface area (Å²) in [7, 11) is 0. The van der Waals surface area contributed by atoms with E-state index in [0.717, 1.165) is 23.0 Å². The molecule has 1 atom stereocenters. The number of para-hydroxylation sites is 1. The van der Waals surface area contributed by atoms with Gasteiger partial charge >= 0.3 is 0 Å². The number of halogens is 1. The summed E-state index contributed by atoms with van der Waals surface area (Å²) in [4.78, 5) is 9.11. The minimum atomic E-state index is 0.228. The highest BCUT2D eigenvalue weighted by Gasteiger charge is 2.23. The van der Waals surface area contributed by atoms with Crippen molar-refractivity contribution in [1.29, 1.82) is 0 Å². The molecule has 1 aromatic heterocycles. The van der Waals surface area contributed by atoms with Crippen LogP contribution in [0.5, 0.6) is 0 Å². The molecule has 17 heavy (non-hydrogen) atoms. The first kappa shape index (κ1) is 12.5. The van der Waals surface area contributed by atoms with E-state index in [1.54, 1.807) is 6.33 Å². The quantitative estimate of drug-likeness (QED) is 0.783. The Kier molecular flexibility index (Phi) is 3.48. The van der Waals surface area contributed by atoms with Crippen molar-refractivity contribution < 1.29 is 0 Å². The summed E-state index contributed by atoms with van der Waals surface area (Å²) < 4.78 is 0. The Morgan fingerprint density at radius 2 is 1.88 bits per heavy atom. The highest BCUT2D eigenvalue weighted by atomic mass is 79.9. The Balaban J connectivity index is 2.36. The fourth-order valence-corrected chi connectivity index (χ4v) is 2.01. The van der Waals surface area contributed by atoms with Gasteiger partial charge < -0.3 is 0 Å². The van der Waals surface area contributed by atoms with Gasteiger partial charge in [-0.15, -0.1) is 0 Å². The summed E-state index contributed by atoms with van der Waals surface area (Å²) in [6.45, 7) is 6.70. The molecule has 0 fully saturated rings. The molecule has 2 aromatic rings. The number of aromatic nitrogens is 2. The minimum absolute atomic E-state index is 0.228. The van der Waals surface area contributed by atoms with Gasteiger partial charge in [0.2, 0.25) is 0 Å². The molecule has 0 saturated heterocycles. The van der Waals surface area contributed by atoms with Crippen LogP contribution in [0.1, 0.15) is 26.5 Å². The first-order valence-electron chi connectivity index (χ1n) is 5.81. The van der Waals surface area contributed by atoms with Crippen LogP contribution in [0, 0.1) is 5.41 Å². The molecule has 0 aliphatic carbocycles. The summed E-state index contributed by atoms with van der Waals surface area (Å²) in [5.41, 5.74) is 2.37. The van der Waals surface area contributed by atoms with Crippen LogP contribution in [-0.4, -0.2) is 14.8 Å². The fraction of sp³-hybridized carbons (Fsp3) is 0.429. The second kappa shape index (κ2) is 4.73. The lowest BCUT2D eigenvalue weighted by Gasteiger charge is -2.25. The maximum atomic E-state index is 4.42. The number of hydrogen-bond acceptors (Lipinski definition) is 2. The van der Waals surface area contributed by atoms with E-state index >= 15 is 0 Å². The average molecular weight is 293 g/mol. The van der Waals surface area contributed by atoms with Gasteiger partial charge in [0.1, 0.15) is 6.33 Å². The maximum Gasteiger partial charge on any atom is 0.116 e. The highest BCUT2D eigenvalue weighted by Crippen LogP contribution is 2.29. The molecule has 2 nitrogen and oxygen atoms in total. The minimum Gasteiger partial charge on any atom is -0.241 e. The Morgan fingerprint density at radius 1 is 1.18 bits per heavy atom. The van der Waals surface area contributed by atoms with Gasteiger partial charge in [0, 0.05) is 16.6 Å². The fourth-order valence-electron chi connectivity index (χ4n) is 1.70. The van der Waals surface area contributed by atoms with Crippen LogP contribution >= 0.6 is 15.9 Å². The second-order valence-corrected chi connectivity index (χ2v) is 6.48. The molecule has 0 N–H and O–H groups in total. The largest absolute Gasteiger partial charge is 0.241 e. The summed E-state index contributed by atoms with van der Waals surface area (Å²) >= 11 is 3.76. The van der Waals surface area contributed by atoms with Gasteiger partial charge in [-0.05, 0) is 11.5 Å². The molecule has 0 bridgehead atoms. The Labute approximate surface area is 111 Å². The molecule has 1 heterocycles. The molecule has 1 unspecified atom stereocenters. The van der Waals surface area contributed by atoms with Gasteiger partial charge in [-0.2, -0.15) is 0 Å². The van der Waals surface area contributed by atoms with Crippen molar-refractivity contribution in [3.63, 3.8) is 0 Å². The molecular formula is C14H17BrN2. The topological polar surface area (TPSA) is 25.8 Å². The van der Waals surface area contributed by atoms with Crippen LogP contribution in [0.4, 0.5) is 0 Å². The molecule has 0 aliphatic rings. The van der Waals surface area contributed by atoms with Crippen molar-refractivity contribution in [2.24, 2.45) is 5.41 Å². The van der Waals surface area contributed by atoms with E-state index < -0.39 is 0 Å². The monoisotopic (exact) mass is 292 g/mol. The lowest BCUT2D eigenvalue weighted by atomic mass is 9.89. The zero-order valence-corrected chi connectivity index (χ0v) is 12.0. The van der Waals surface area contributed by atoms with E-state index in [0.29, 0.717) is 4.83 Å². The van der Waals surface area contributed by atoms with E-state index in [2.05, 4.69) is 52.7 Å². The van der Waals surface area contributed by atoms with Crippen molar-refractivity contribution in [3.8, 4) is 0 Å². The lowest BCUT2D eigenvalue weighted by molar-refractivity contribution is 0.396. The van der Waals surface area contributed by atoms with E-state index in [1.807, 2.05) is 18.2 Å². The molecule has 90 valence electrons. The van der Waals surface area contributed by atoms with Gasteiger partial charge in [0.15, 0.2) is 0 Å². The van der Waals surface area contributed by atoms with E-state index in [1.165, 1.54) is 0 Å². The SMILES string of the molecule is CC(C)(C)C(Br)Cc1ncnc2ccccc12. The van der Waals surface area contributed by atoms with E-state index in [4.69, 9.17) is 0 Å². The van der Waals surface area contributed by atoms with Gasteiger partial charge in [0.25, 0.3) is 0 Å². The summed E-state index contributed by atoms with van der Waals surface area (Å²) in [6.07, 6.45) is 2.58. The number of fused-ring (bicyclic) bond motifs is 1. The number of benzene rings is 1. The standard InChI is InChI=1S/C14H17BrN2/c1-14(2,3)13(15)8-12-10-6-4-5-7-11(10)16-9-17-12/h4-7,9,13H,8H2,1-3H3. The van der Waals surface area contributed by atoms with Crippen LogP contribution in [0.2, 0.25) is 0 Å². The van der Waals surface area contributed by atoms with Gasteiger partial charge in [-0.1, -0.05) is 54.9 Å². The molecular weight excluding hydrogens is 276 g/mol. The first-order valence-corrected chi connectivity index (χ1v) is 6.73. The third-order valence-corrected chi connectivity index (χ3v) is 4.63. The predicted octanol–water partition coefficient (Wildman–Crippen LogP) is 3.98. The number of hydrogen-bond donors (Lipinski definition) is 0. The van der Waals surface area contributed by atoms with Crippen LogP contribution in [0.25, 0.3) is 10.9 Å². The van der Waals surface area contributed by atoms with Crippen molar-refractivity contribution in [1.82, 2.24) is 9.97 Å². The summed E-state index contributed by atoms with van der Waals surface area (Å²) in [5.74, 6) is 0.